The van der Waals surface area contributed by atoms with Crippen LogP contribution >= 0.6 is 0 Å². The Labute approximate surface area is 156 Å². The van der Waals surface area contributed by atoms with Crippen molar-refractivity contribution < 1.29 is 24.0 Å². The van der Waals surface area contributed by atoms with Crippen molar-refractivity contribution in [2.24, 2.45) is 0 Å². The van der Waals surface area contributed by atoms with E-state index in [2.05, 4.69) is 10.1 Å². The number of amides is 1. The van der Waals surface area contributed by atoms with Gasteiger partial charge in [-0.25, -0.2) is 4.79 Å². The lowest BCUT2D eigenvalue weighted by Gasteiger charge is -2.10. The van der Waals surface area contributed by atoms with Gasteiger partial charge in [0.15, 0.2) is 0 Å². The van der Waals surface area contributed by atoms with Crippen LogP contribution in [0.4, 0.5) is 11.4 Å². The van der Waals surface area contributed by atoms with Gasteiger partial charge in [-0.3, -0.25) is 14.9 Å². The zero-order valence-corrected chi connectivity index (χ0v) is 15.2. The van der Waals surface area contributed by atoms with E-state index < -0.39 is 16.8 Å². The van der Waals surface area contributed by atoms with Crippen LogP contribution in [0.25, 0.3) is 0 Å². The Bertz CT molecular complexity index is 863. The molecule has 0 saturated heterocycles. The number of anilines is 1. The summed E-state index contributed by atoms with van der Waals surface area (Å²) in [4.78, 5) is 34.6. The quantitative estimate of drug-likeness (QED) is 0.452. The van der Waals surface area contributed by atoms with Gasteiger partial charge in [0.25, 0.3) is 11.6 Å². The molecule has 1 amide bonds. The van der Waals surface area contributed by atoms with Gasteiger partial charge in [-0.1, -0.05) is 12.1 Å². The molecule has 0 fully saturated rings. The molecule has 0 aromatic heterocycles. The van der Waals surface area contributed by atoms with Gasteiger partial charge in [0, 0.05) is 23.4 Å². The second kappa shape index (κ2) is 8.91. The number of nitrogens with one attached hydrogen (secondary N) is 1. The predicted octanol–water partition coefficient (Wildman–Crippen LogP) is 3.56. The monoisotopic (exact) mass is 372 g/mol. The molecule has 8 heteroatoms. The number of nitro benzene ring substituents is 1. The van der Waals surface area contributed by atoms with Crippen molar-refractivity contribution in [3.05, 3.63) is 69.3 Å². The van der Waals surface area contributed by atoms with Crippen molar-refractivity contribution in [3.8, 4) is 0 Å². The molecule has 2 rings (SSSR count). The molecule has 142 valence electrons. The summed E-state index contributed by atoms with van der Waals surface area (Å²) in [5, 5.41) is 13.7. The fourth-order valence-corrected chi connectivity index (χ4v) is 2.29. The van der Waals surface area contributed by atoms with E-state index in [0.717, 1.165) is 24.8 Å². The number of carbonyl (C=O) groups is 2. The SMILES string of the molecule is COC(=O)c1cc(C(=O)Nc2cccc(COC(C)C)c2)cc([N+](=O)[O-])c1. The first-order valence-electron chi connectivity index (χ1n) is 8.20. The van der Waals surface area contributed by atoms with Gasteiger partial charge in [0.1, 0.15) is 0 Å². The third-order valence-electron chi connectivity index (χ3n) is 3.58. The lowest BCUT2D eigenvalue weighted by Crippen LogP contribution is -2.14. The summed E-state index contributed by atoms with van der Waals surface area (Å²) < 4.78 is 10.1. The Morgan fingerprint density at radius 2 is 1.85 bits per heavy atom. The minimum absolute atomic E-state index is 0.0200. The molecule has 0 radical (unpaired) electrons. The van der Waals surface area contributed by atoms with Crippen molar-refractivity contribution in [2.75, 3.05) is 12.4 Å². The summed E-state index contributed by atoms with van der Waals surface area (Å²) in [6, 6.07) is 10.5. The first-order chi connectivity index (χ1) is 12.8. The minimum atomic E-state index is -0.763. The summed E-state index contributed by atoms with van der Waals surface area (Å²) in [5.74, 6) is -1.34. The van der Waals surface area contributed by atoms with Crippen LogP contribution in [0.2, 0.25) is 0 Å². The summed E-state index contributed by atoms with van der Waals surface area (Å²) in [7, 11) is 1.16. The molecule has 0 aliphatic carbocycles. The van der Waals surface area contributed by atoms with E-state index in [0.29, 0.717) is 12.3 Å². The van der Waals surface area contributed by atoms with Crippen LogP contribution in [0.1, 0.15) is 40.1 Å². The van der Waals surface area contributed by atoms with Crippen molar-refractivity contribution in [1.29, 1.82) is 0 Å². The Kier molecular flexibility index (Phi) is 6.62. The maximum atomic E-state index is 12.5. The Morgan fingerprint density at radius 3 is 2.48 bits per heavy atom. The van der Waals surface area contributed by atoms with E-state index in [-0.39, 0.29) is 22.9 Å². The van der Waals surface area contributed by atoms with Gasteiger partial charge >= 0.3 is 5.97 Å². The highest BCUT2D eigenvalue weighted by Crippen LogP contribution is 2.20. The molecular formula is C19H20N2O6. The largest absolute Gasteiger partial charge is 0.465 e. The highest BCUT2D eigenvalue weighted by molar-refractivity contribution is 6.06. The highest BCUT2D eigenvalue weighted by atomic mass is 16.6. The zero-order chi connectivity index (χ0) is 20.0. The minimum Gasteiger partial charge on any atom is -0.465 e. The fraction of sp³-hybridized carbons (Fsp3) is 0.263. The normalized spacial score (nSPS) is 10.5. The van der Waals surface area contributed by atoms with Crippen LogP contribution in [-0.4, -0.2) is 30.0 Å². The lowest BCUT2D eigenvalue weighted by atomic mass is 10.1. The van der Waals surface area contributed by atoms with Gasteiger partial charge in [-0.15, -0.1) is 0 Å². The molecule has 0 aliphatic rings. The molecule has 0 saturated carbocycles. The van der Waals surface area contributed by atoms with Crippen molar-refractivity contribution in [3.63, 3.8) is 0 Å². The molecule has 1 N–H and O–H groups in total. The van der Waals surface area contributed by atoms with Gasteiger partial charge in [-0.2, -0.15) is 0 Å². The van der Waals surface area contributed by atoms with Crippen LogP contribution < -0.4 is 5.32 Å². The van der Waals surface area contributed by atoms with Crippen LogP contribution in [0.3, 0.4) is 0 Å². The lowest BCUT2D eigenvalue weighted by molar-refractivity contribution is -0.384. The van der Waals surface area contributed by atoms with E-state index in [4.69, 9.17) is 4.74 Å². The molecule has 8 nitrogen and oxygen atoms in total. The fourth-order valence-electron chi connectivity index (χ4n) is 2.29. The predicted molar refractivity (Wildman–Crippen MR) is 98.8 cm³/mol. The van der Waals surface area contributed by atoms with Crippen molar-refractivity contribution in [1.82, 2.24) is 0 Å². The third kappa shape index (κ3) is 5.61. The number of esters is 1. The molecule has 2 aromatic carbocycles. The first kappa shape index (κ1) is 20.1. The number of hydrogen-bond donors (Lipinski definition) is 1. The number of nitro groups is 1. The summed E-state index contributed by atoms with van der Waals surface area (Å²) in [5.41, 5.74) is 0.915. The summed E-state index contributed by atoms with van der Waals surface area (Å²) >= 11 is 0. The number of non-ortho nitro benzene ring substituents is 1. The molecule has 0 heterocycles. The van der Waals surface area contributed by atoms with Gasteiger partial charge in [-0.05, 0) is 37.6 Å². The van der Waals surface area contributed by atoms with Crippen LogP contribution in [0, 0.1) is 10.1 Å². The number of methoxy groups -OCH3 is 1. The Hall–Kier alpha value is -3.26. The van der Waals surface area contributed by atoms with E-state index in [1.54, 1.807) is 18.2 Å². The molecule has 2 aromatic rings. The third-order valence-corrected chi connectivity index (χ3v) is 3.58. The standard InChI is InChI=1S/C19H20N2O6/c1-12(2)27-11-13-5-4-6-16(7-13)20-18(22)14-8-15(19(23)26-3)10-17(9-14)21(24)25/h4-10,12H,11H2,1-3H3,(H,20,22). The number of carbonyl (C=O) groups excluding carboxylic acids is 2. The summed E-state index contributed by atoms with van der Waals surface area (Å²) in [6.45, 7) is 4.24. The zero-order valence-electron chi connectivity index (χ0n) is 15.2. The smallest absolute Gasteiger partial charge is 0.338 e. The molecule has 0 aliphatic heterocycles. The average molecular weight is 372 g/mol. The van der Waals surface area contributed by atoms with Crippen molar-refractivity contribution >= 4 is 23.3 Å². The number of benzene rings is 2. The first-order valence-corrected chi connectivity index (χ1v) is 8.20. The molecule has 0 atom stereocenters. The van der Waals surface area contributed by atoms with E-state index >= 15 is 0 Å². The maximum Gasteiger partial charge on any atom is 0.338 e. The number of nitrogens with zero attached hydrogens (tertiary/aromatic N) is 1. The number of ether oxygens (including phenoxy) is 2. The molecule has 0 unspecified atom stereocenters. The molecular weight excluding hydrogens is 352 g/mol. The second-order valence-electron chi connectivity index (χ2n) is 6.03. The maximum absolute atomic E-state index is 12.5. The molecule has 0 spiro atoms. The average Bonchev–Trinajstić information content (AvgIpc) is 2.65. The second-order valence-corrected chi connectivity index (χ2v) is 6.03. The van der Waals surface area contributed by atoms with Gasteiger partial charge in [0.05, 0.1) is 30.3 Å². The van der Waals surface area contributed by atoms with Gasteiger partial charge in [0.2, 0.25) is 0 Å². The van der Waals surface area contributed by atoms with Crippen molar-refractivity contribution in [2.45, 2.75) is 26.6 Å². The molecule has 0 bridgehead atoms. The van der Waals surface area contributed by atoms with E-state index in [1.807, 2.05) is 19.9 Å². The number of rotatable bonds is 7. The highest BCUT2D eigenvalue weighted by Gasteiger charge is 2.18. The topological polar surface area (TPSA) is 108 Å². The number of hydrogen-bond acceptors (Lipinski definition) is 6. The van der Waals surface area contributed by atoms with Crippen LogP contribution in [-0.2, 0) is 16.1 Å². The van der Waals surface area contributed by atoms with Crippen LogP contribution in [0.15, 0.2) is 42.5 Å². The summed E-state index contributed by atoms with van der Waals surface area (Å²) in [6.07, 6.45) is 0.0739. The Balaban J connectivity index is 2.25. The molecule has 27 heavy (non-hydrogen) atoms. The van der Waals surface area contributed by atoms with E-state index in [9.17, 15) is 19.7 Å². The Morgan fingerprint density at radius 1 is 1.15 bits per heavy atom. The van der Waals surface area contributed by atoms with Crippen LogP contribution in [0.5, 0.6) is 0 Å². The van der Waals surface area contributed by atoms with E-state index in [1.165, 1.54) is 6.07 Å². The van der Waals surface area contributed by atoms with Gasteiger partial charge < -0.3 is 14.8 Å².